The van der Waals surface area contributed by atoms with Crippen molar-refractivity contribution in [2.75, 3.05) is 6.26 Å². The summed E-state index contributed by atoms with van der Waals surface area (Å²) >= 11 is 0. The van der Waals surface area contributed by atoms with Crippen LogP contribution in [0.15, 0.2) is 24.3 Å². The molecule has 0 aliphatic carbocycles. The van der Waals surface area contributed by atoms with Crippen molar-refractivity contribution in [3.63, 3.8) is 0 Å². The lowest BCUT2D eigenvalue weighted by molar-refractivity contribution is 0.607. The molecule has 0 fully saturated rings. The van der Waals surface area contributed by atoms with E-state index in [1.54, 1.807) is 6.07 Å². The van der Waals surface area contributed by atoms with Crippen molar-refractivity contribution in [2.24, 2.45) is 0 Å². The van der Waals surface area contributed by atoms with E-state index in [-0.39, 0.29) is 0 Å². The van der Waals surface area contributed by atoms with Crippen molar-refractivity contribution in [3.05, 3.63) is 41.1 Å². The molecular weight excluding hydrogens is 172 g/mol. The Balaban J connectivity index is 2.98. The smallest absolute Gasteiger partial charge is 0.156 e. The second kappa shape index (κ2) is 3.27. The minimum atomic E-state index is -3.02. The third kappa shape index (κ3) is 2.66. The van der Waals surface area contributed by atoms with Crippen molar-refractivity contribution in [1.82, 2.24) is 0 Å². The molecule has 0 bridgehead atoms. The lowest BCUT2D eigenvalue weighted by Crippen LogP contribution is -1.99. The number of hydrogen-bond acceptors (Lipinski definition) is 2. The molecule has 1 aromatic rings. The van der Waals surface area contributed by atoms with Gasteiger partial charge in [-0.3, -0.25) is 0 Å². The Hall–Kier alpha value is -0.830. The van der Waals surface area contributed by atoms with E-state index in [2.05, 4.69) is 0 Å². The van der Waals surface area contributed by atoms with Crippen molar-refractivity contribution < 1.29 is 8.42 Å². The van der Waals surface area contributed by atoms with Crippen LogP contribution in [0, 0.1) is 12.7 Å². The number of aryl methyl sites for hydroxylation is 1. The van der Waals surface area contributed by atoms with Crippen LogP contribution < -0.4 is 0 Å². The van der Waals surface area contributed by atoms with Crippen LogP contribution in [0.5, 0.6) is 0 Å². The molecule has 1 radical (unpaired) electrons. The molecule has 12 heavy (non-hydrogen) atoms. The zero-order valence-electron chi connectivity index (χ0n) is 7.11. The number of hydrogen-bond donors (Lipinski definition) is 0. The Kier molecular flexibility index (Phi) is 2.52. The van der Waals surface area contributed by atoms with Gasteiger partial charge in [0, 0.05) is 6.26 Å². The van der Waals surface area contributed by atoms with Gasteiger partial charge in [-0.25, -0.2) is 8.42 Å². The first-order chi connectivity index (χ1) is 5.49. The van der Waals surface area contributed by atoms with Gasteiger partial charge in [-0.2, -0.15) is 0 Å². The van der Waals surface area contributed by atoms with E-state index < -0.39 is 9.84 Å². The highest BCUT2D eigenvalue weighted by Crippen LogP contribution is 2.11. The summed E-state index contributed by atoms with van der Waals surface area (Å²) in [5, 5.41) is 0. The molecule has 2 nitrogen and oxygen atoms in total. The average Bonchev–Trinajstić information content (AvgIpc) is 1.91. The maximum atomic E-state index is 10.9. The summed E-state index contributed by atoms with van der Waals surface area (Å²) in [4.78, 5) is 0. The van der Waals surface area contributed by atoms with Crippen molar-refractivity contribution in [1.29, 1.82) is 0 Å². The fourth-order valence-electron chi connectivity index (χ4n) is 0.950. The maximum Gasteiger partial charge on any atom is 0.156 e. The highest BCUT2D eigenvalue weighted by atomic mass is 32.2. The standard InChI is InChI=1S/C9H11O2S/c1-8-5-3-4-6-9(8)7-12(2,10)11/h3-7H,1-2H3. The van der Waals surface area contributed by atoms with Gasteiger partial charge >= 0.3 is 0 Å². The lowest BCUT2D eigenvalue weighted by Gasteiger charge is -2.01. The minimum Gasteiger partial charge on any atom is -0.228 e. The summed E-state index contributed by atoms with van der Waals surface area (Å²) in [5.41, 5.74) is 1.74. The van der Waals surface area contributed by atoms with Gasteiger partial charge in [0.25, 0.3) is 0 Å². The fourth-order valence-corrected chi connectivity index (χ4v) is 1.68. The van der Waals surface area contributed by atoms with E-state index in [0.29, 0.717) is 0 Å². The molecule has 0 unspecified atom stereocenters. The van der Waals surface area contributed by atoms with E-state index in [9.17, 15) is 8.42 Å². The molecule has 0 saturated heterocycles. The fraction of sp³-hybridized carbons (Fsp3) is 0.222. The molecule has 0 aromatic heterocycles. The Labute approximate surface area is 73.2 Å². The largest absolute Gasteiger partial charge is 0.228 e. The second-order valence-electron chi connectivity index (χ2n) is 2.80. The summed E-state index contributed by atoms with van der Waals surface area (Å²) in [5.74, 6) is 1.28. The van der Waals surface area contributed by atoms with Crippen LogP contribution in [0.2, 0.25) is 0 Å². The predicted molar refractivity (Wildman–Crippen MR) is 49.4 cm³/mol. The van der Waals surface area contributed by atoms with E-state index in [0.717, 1.165) is 11.1 Å². The molecule has 0 saturated carbocycles. The number of benzene rings is 1. The van der Waals surface area contributed by atoms with E-state index in [1.807, 2.05) is 25.1 Å². The van der Waals surface area contributed by atoms with Gasteiger partial charge in [0.2, 0.25) is 0 Å². The molecule has 0 heterocycles. The molecule has 0 atom stereocenters. The maximum absolute atomic E-state index is 10.9. The Morgan fingerprint density at radius 1 is 1.25 bits per heavy atom. The van der Waals surface area contributed by atoms with Crippen LogP contribution in [0.25, 0.3) is 0 Å². The van der Waals surface area contributed by atoms with Gasteiger partial charge in [0.1, 0.15) is 5.75 Å². The Morgan fingerprint density at radius 3 is 2.33 bits per heavy atom. The third-order valence-corrected chi connectivity index (χ3v) is 2.21. The van der Waals surface area contributed by atoms with E-state index in [4.69, 9.17) is 0 Å². The summed E-state index contributed by atoms with van der Waals surface area (Å²) in [6, 6.07) is 7.38. The minimum absolute atomic E-state index is 0.764. The third-order valence-electron chi connectivity index (χ3n) is 1.53. The monoisotopic (exact) mass is 183 g/mol. The summed E-state index contributed by atoms with van der Waals surface area (Å²) < 4.78 is 21.8. The first kappa shape index (κ1) is 9.26. The first-order valence-corrected chi connectivity index (χ1v) is 5.55. The molecule has 65 valence electrons. The quantitative estimate of drug-likeness (QED) is 0.697. The molecule has 0 aliphatic heterocycles. The van der Waals surface area contributed by atoms with E-state index in [1.165, 1.54) is 12.0 Å². The van der Waals surface area contributed by atoms with Crippen molar-refractivity contribution >= 4 is 9.84 Å². The zero-order chi connectivity index (χ0) is 9.19. The average molecular weight is 183 g/mol. The van der Waals surface area contributed by atoms with Crippen LogP contribution in [0.1, 0.15) is 11.1 Å². The Bertz CT molecular complexity index is 366. The highest BCUT2D eigenvalue weighted by molar-refractivity contribution is 7.92. The van der Waals surface area contributed by atoms with Gasteiger partial charge in [-0.15, -0.1) is 0 Å². The van der Waals surface area contributed by atoms with Gasteiger partial charge < -0.3 is 0 Å². The van der Waals surface area contributed by atoms with Gasteiger partial charge in [0.05, 0.1) is 0 Å². The van der Waals surface area contributed by atoms with Crippen LogP contribution >= 0.6 is 0 Å². The first-order valence-electron chi connectivity index (χ1n) is 3.59. The molecule has 1 rings (SSSR count). The zero-order valence-corrected chi connectivity index (χ0v) is 7.93. The van der Waals surface area contributed by atoms with Crippen LogP contribution in [-0.2, 0) is 9.84 Å². The van der Waals surface area contributed by atoms with Crippen molar-refractivity contribution in [3.8, 4) is 0 Å². The molecule has 0 spiro atoms. The topological polar surface area (TPSA) is 34.1 Å². The summed E-state index contributed by atoms with van der Waals surface area (Å²) in [6.45, 7) is 1.89. The molecule has 0 N–H and O–H groups in total. The normalized spacial score (nSPS) is 11.5. The molecule has 0 amide bonds. The molecule has 3 heteroatoms. The SMILES string of the molecule is Cc1ccccc1[CH]S(C)(=O)=O. The number of sulfone groups is 1. The summed E-state index contributed by atoms with van der Waals surface area (Å²) in [6.07, 6.45) is 1.19. The molecular formula is C9H11O2S. The van der Waals surface area contributed by atoms with Gasteiger partial charge in [-0.05, 0) is 18.1 Å². The molecule has 1 aromatic carbocycles. The Morgan fingerprint density at radius 2 is 1.83 bits per heavy atom. The van der Waals surface area contributed by atoms with E-state index >= 15 is 0 Å². The van der Waals surface area contributed by atoms with Crippen LogP contribution in [0.4, 0.5) is 0 Å². The van der Waals surface area contributed by atoms with Crippen molar-refractivity contribution in [2.45, 2.75) is 6.92 Å². The van der Waals surface area contributed by atoms with Gasteiger partial charge in [0.15, 0.2) is 9.84 Å². The number of rotatable bonds is 2. The van der Waals surface area contributed by atoms with Crippen LogP contribution in [0.3, 0.4) is 0 Å². The summed E-state index contributed by atoms with van der Waals surface area (Å²) in [7, 11) is -3.02. The van der Waals surface area contributed by atoms with Gasteiger partial charge in [-0.1, -0.05) is 24.3 Å². The predicted octanol–water partition coefficient (Wildman–Crippen LogP) is 1.55. The highest BCUT2D eigenvalue weighted by Gasteiger charge is 2.06. The molecule has 0 aliphatic rings. The lowest BCUT2D eigenvalue weighted by atomic mass is 10.1. The van der Waals surface area contributed by atoms with Crippen LogP contribution in [-0.4, -0.2) is 14.7 Å². The second-order valence-corrected chi connectivity index (χ2v) is 4.70.